The number of hydrogen-bond acceptors (Lipinski definition) is 4. The Balaban J connectivity index is 1.28. The summed E-state index contributed by atoms with van der Waals surface area (Å²) in [6.07, 6.45) is 0. The van der Waals surface area contributed by atoms with Gasteiger partial charge >= 0.3 is 0 Å². The topological polar surface area (TPSA) is 49.6 Å². The molecule has 0 aliphatic rings. The maximum atomic E-state index is 11.2. The van der Waals surface area contributed by atoms with Gasteiger partial charge in [-0.2, -0.15) is 0 Å². The van der Waals surface area contributed by atoms with Crippen LogP contribution in [0.15, 0.2) is 158 Å². The minimum atomic E-state index is -0.372. The Bertz CT molecular complexity index is 1800. The maximum Gasteiger partial charge on any atom is 0.271 e. The van der Waals surface area contributed by atoms with Gasteiger partial charge in [-0.05, 0) is 76.9 Å². The Morgan fingerprint density at radius 3 is 1.57 bits per heavy atom. The van der Waals surface area contributed by atoms with Crippen molar-refractivity contribution in [2.24, 2.45) is 0 Å². The summed E-state index contributed by atoms with van der Waals surface area (Å²) in [6.45, 7) is 0. The summed E-state index contributed by atoms with van der Waals surface area (Å²) in [5.41, 5.74) is 9.58. The number of non-ortho nitro benzene ring substituents is 1. The van der Waals surface area contributed by atoms with Gasteiger partial charge in [-0.3, -0.25) is 10.1 Å². The van der Waals surface area contributed by atoms with E-state index in [1.165, 1.54) is 17.2 Å². The summed E-state index contributed by atoms with van der Waals surface area (Å²) in [7, 11) is 1.91. The predicted molar refractivity (Wildman–Crippen MR) is 173 cm³/mol. The molecule has 42 heavy (non-hydrogen) atoms. The molecule has 6 aromatic carbocycles. The number of anilines is 5. The molecule has 6 aromatic rings. The summed E-state index contributed by atoms with van der Waals surface area (Å²) in [4.78, 5) is 15.0. The van der Waals surface area contributed by atoms with Gasteiger partial charge in [-0.15, -0.1) is 0 Å². The molecule has 6 rings (SSSR count). The molecule has 0 bridgehead atoms. The lowest BCUT2D eigenvalue weighted by molar-refractivity contribution is -0.384. The molecule has 0 fully saturated rings. The van der Waals surface area contributed by atoms with Gasteiger partial charge in [0.25, 0.3) is 5.69 Å². The fourth-order valence-corrected chi connectivity index (χ4v) is 5.12. The van der Waals surface area contributed by atoms with Crippen LogP contribution >= 0.6 is 0 Å². The third kappa shape index (κ3) is 5.62. The zero-order chi connectivity index (χ0) is 28.9. The summed E-state index contributed by atoms with van der Waals surface area (Å²) in [5, 5.41) is 11.2. The molecule has 0 saturated heterocycles. The van der Waals surface area contributed by atoms with Gasteiger partial charge in [0.1, 0.15) is 0 Å². The largest absolute Gasteiger partial charge is 0.344 e. The Labute approximate surface area is 245 Å². The lowest BCUT2D eigenvalue weighted by Crippen LogP contribution is -2.10. The van der Waals surface area contributed by atoms with E-state index >= 15 is 0 Å². The molecule has 0 unspecified atom stereocenters. The monoisotopic (exact) mass is 547 g/mol. The molecule has 0 aromatic heterocycles. The smallest absolute Gasteiger partial charge is 0.271 e. The normalized spacial score (nSPS) is 10.7. The highest BCUT2D eigenvalue weighted by molar-refractivity contribution is 5.81. The van der Waals surface area contributed by atoms with Crippen LogP contribution < -0.4 is 9.80 Å². The molecular formula is C37H29N3O2. The summed E-state index contributed by atoms with van der Waals surface area (Å²) < 4.78 is 0. The van der Waals surface area contributed by atoms with E-state index in [1.54, 1.807) is 12.1 Å². The number of nitro groups is 1. The van der Waals surface area contributed by atoms with Crippen LogP contribution in [0.25, 0.3) is 22.3 Å². The second-order valence-electron chi connectivity index (χ2n) is 10.0. The lowest BCUT2D eigenvalue weighted by Gasteiger charge is -2.26. The van der Waals surface area contributed by atoms with Crippen LogP contribution in [0.3, 0.4) is 0 Å². The average Bonchev–Trinajstić information content (AvgIpc) is 3.06. The third-order valence-corrected chi connectivity index (χ3v) is 7.37. The Kier molecular flexibility index (Phi) is 7.47. The number of benzene rings is 6. The van der Waals surface area contributed by atoms with E-state index in [9.17, 15) is 10.1 Å². The van der Waals surface area contributed by atoms with Crippen LogP contribution in [0.2, 0.25) is 0 Å². The van der Waals surface area contributed by atoms with Crippen molar-refractivity contribution in [1.82, 2.24) is 0 Å². The van der Waals surface area contributed by atoms with E-state index in [4.69, 9.17) is 0 Å². The first kappa shape index (κ1) is 26.5. The van der Waals surface area contributed by atoms with Gasteiger partial charge < -0.3 is 9.80 Å². The molecular weight excluding hydrogens is 518 g/mol. The maximum absolute atomic E-state index is 11.2. The highest BCUT2D eigenvalue weighted by atomic mass is 16.6. The van der Waals surface area contributed by atoms with Crippen molar-refractivity contribution in [2.75, 3.05) is 16.8 Å². The van der Waals surface area contributed by atoms with Gasteiger partial charge in [0, 0.05) is 47.6 Å². The zero-order valence-corrected chi connectivity index (χ0v) is 23.2. The minimum absolute atomic E-state index is 0.0763. The first-order chi connectivity index (χ1) is 20.6. The predicted octanol–water partition coefficient (Wildman–Crippen LogP) is 10.2. The van der Waals surface area contributed by atoms with Gasteiger partial charge in [-0.25, -0.2) is 0 Å². The molecule has 0 N–H and O–H groups in total. The standard InChI is InChI=1S/C37H29N3O2/c1-38(35-15-9-17-37(27-35)40(41)42)32-22-18-29(19-23-32)30-20-24-34(25-21-30)39(33-13-6-3-7-14-33)36-16-8-12-31(26-36)28-10-4-2-5-11-28/h2-27H,1H3. The molecule has 0 aliphatic carbocycles. The number of nitrogens with zero attached hydrogens (tertiary/aromatic N) is 3. The Morgan fingerprint density at radius 2 is 0.929 bits per heavy atom. The van der Waals surface area contributed by atoms with Crippen molar-refractivity contribution in [1.29, 1.82) is 0 Å². The molecule has 0 saturated carbocycles. The van der Waals surface area contributed by atoms with Crippen LogP contribution in [0.5, 0.6) is 0 Å². The molecule has 204 valence electrons. The zero-order valence-electron chi connectivity index (χ0n) is 23.2. The number of hydrogen-bond donors (Lipinski definition) is 0. The summed E-state index contributed by atoms with van der Waals surface area (Å²) in [6, 6.07) is 52.9. The van der Waals surface area contributed by atoms with Gasteiger partial charge in [-0.1, -0.05) is 91.0 Å². The van der Waals surface area contributed by atoms with E-state index in [0.717, 1.165) is 39.6 Å². The van der Waals surface area contributed by atoms with E-state index < -0.39 is 0 Å². The van der Waals surface area contributed by atoms with Crippen LogP contribution in [-0.2, 0) is 0 Å². The highest BCUT2D eigenvalue weighted by Gasteiger charge is 2.14. The van der Waals surface area contributed by atoms with E-state index in [-0.39, 0.29) is 10.6 Å². The molecule has 0 spiro atoms. The molecule has 0 atom stereocenters. The van der Waals surface area contributed by atoms with Gasteiger partial charge in [0.05, 0.1) is 4.92 Å². The van der Waals surface area contributed by atoms with Crippen LogP contribution in [0.1, 0.15) is 0 Å². The second-order valence-corrected chi connectivity index (χ2v) is 10.0. The molecule has 0 radical (unpaired) electrons. The van der Waals surface area contributed by atoms with Gasteiger partial charge in [0.15, 0.2) is 0 Å². The Morgan fingerprint density at radius 1 is 0.452 bits per heavy atom. The van der Waals surface area contributed by atoms with Crippen molar-refractivity contribution in [2.45, 2.75) is 0 Å². The number of nitro benzene ring substituents is 1. The SMILES string of the molecule is CN(c1ccc(-c2ccc(N(c3ccccc3)c3cccc(-c4ccccc4)c3)cc2)cc1)c1cccc([N+](=O)[O-])c1. The number of para-hydroxylation sites is 1. The van der Waals surface area contributed by atoms with Crippen LogP contribution in [-0.4, -0.2) is 12.0 Å². The minimum Gasteiger partial charge on any atom is -0.344 e. The molecule has 0 aliphatic heterocycles. The molecule has 5 heteroatoms. The average molecular weight is 548 g/mol. The van der Waals surface area contributed by atoms with Crippen molar-refractivity contribution in [3.63, 3.8) is 0 Å². The Hall–Kier alpha value is -5.68. The quantitative estimate of drug-likeness (QED) is 0.140. The molecule has 0 amide bonds. The van der Waals surface area contributed by atoms with Crippen molar-refractivity contribution >= 4 is 34.1 Å². The van der Waals surface area contributed by atoms with Crippen LogP contribution in [0.4, 0.5) is 34.1 Å². The van der Waals surface area contributed by atoms with E-state index in [2.05, 4.69) is 114 Å². The van der Waals surface area contributed by atoms with Crippen molar-refractivity contribution in [3.8, 4) is 22.3 Å². The second kappa shape index (κ2) is 11.8. The molecule has 0 heterocycles. The fraction of sp³-hybridized carbons (Fsp3) is 0.0270. The van der Waals surface area contributed by atoms with E-state index in [1.807, 2.05) is 42.3 Å². The fourth-order valence-electron chi connectivity index (χ4n) is 5.12. The number of rotatable bonds is 8. The molecule has 5 nitrogen and oxygen atoms in total. The van der Waals surface area contributed by atoms with E-state index in [0.29, 0.717) is 0 Å². The highest BCUT2D eigenvalue weighted by Crippen LogP contribution is 2.37. The van der Waals surface area contributed by atoms with Gasteiger partial charge in [0.2, 0.25) is 0 Å². The third-order valence-electron chi connectivity index (χ3n) is 7.37. The van der Waals surface area contributed by atoms with Crippen molar-refractivity contribution in [3.05, 3.63) is 168 Å². The first-order valence-corrected chi connectivity index (χ1v) is 13.8. The van der Waals surface area contributed by atoms with Crippen molar-refractivity contribution < 1.29 is 4.92 Å². The summed E-state index contributed by atoms with van der Waals surface area (Å²) >= 11 is 0. The first-order valence-electron chi connectivity index (χ1n) is 13.8. The lowest BCUT2D eigenvalue weighted by atomic mass is 10.0. The van der Waals surface area contributed by atoms with Crippen LogP contribution in [0, 0.1) is 10.1 Å². The summed E-state index contributed by atoms with van der Waals surface area (Å²) in [5.74, 6) is 0.